The fourth-order valence-electron chi connectivity index (χ4n) is 2.06. The highest BCUT2D eigenvalue weighted by molar-refractivity contribution is 6.31. The van der Waals surface area contributed by atoms with Gasteiger partial charge in [0.05, 0.1) is 5.69 Å². The Kier molecular flexibility index (Phi) is 4.91. The quantitative estimate of drug-likeness (QED) is 0.912. The summed E-state index contributed by atoms with van der Waals surface area (Å²) in [5.74, 6) is 0. The van der Waals surface area contributed by atoms with Crippen LogP contribution in [0.4, 0.5) is 0 Å². The van der Waals surface area contributed by atoms with E-state index in [4.69, 9.17) is 17.3 Å². The van der Waals surface area contributed by atoms with Gasteiger partial charge in [0.15, 0.2) is 0 Å². The summed E-state index contributed by atoms with van der Waals surface area (Å²) in [6.07, 6.45) is 1.78. The van der Waals surface area contributed by atoms with Gasteiger partial charge in [-0.25, -0.2) is 0 Å². The largest absolute Gasteiger partial charge is 0.325 e. The molecule has 0 saturated carbocycles. The molecule has 3 nitrogen and oxygen atoms in total. The van der Waals surface area contributed by atoms with Gasteiger partial charge in [-0.15, -0.1) is 0 Å². The van der Waals surface area contributed by atoms with E-state index in [0.29, 0.717) is 6.54 Å². The molecule has 0 amide bonds. The van der Waals surface area contributed by atoms with Crippen molar-refractivity contribution in [3.63, 3.8) is 0 Å². The molecular formula is C15H18ClN3. The molecule has 0 fully saturated rings. The lowest BCUT2D eigenvalue weighted by Crippen LogP contribution is -2.19. The molecule has 0 radical (unpaired) electrons. The van der Waals surface area contributed by atoms with Crippen molar-refractivity contribution in [2.75, 3.05) is 7.05 Å². The van der Waals surface area contributed by atoms with Gasteiger partial charge in [-0.1, -0.05) is 35.9 Å². The molecule has 0 saturated heterocycles. The van der Waals surface area contributed by atoms with Crippen LogP contribution in [0.25, 0.3) is 0 Å². The Morgan fingerprint density at radius 2 is 1.79 bits per heavy atom. The van der Waals surface area contributed by atoms with Crippen molar-refractivity contribution in [3.05, 3.63) is 64.4 Å². The molecule has 1 aromatic carbocycles. The monoisotopic (exact) mass is 275 g/mol. The lowest BCUT2D eigenvalue weighted by molar-refractivity contribution is 0.317. The predicted octanol–water partition coefficient (Wildman–Crippen LogP) is 2.83. The maximum absolute atomic E-state index is 6.17. The lowest BCUT2D eigenvalue weighted by atomic mass is 10.1. The third-order valence-corrected chi connectivity index (χ3v) is 3.38. The molecule has 0 unspecified atom stereocenters. The maximum atomic E-state index is 6.17. The van der Waals surface area contributed by atoms with Crippen molar-refractivity contribution >= 4 is 11.6 Å². The second-order valence-corrected chi connectivity index (χ2v) is 4.98. The smallest absolute Gasteiger partial charge is 0.0584 e. The van der Waals surface area contributed by atoms with Crippen molar-refractivity contribution in [1.29, 1.82) is 0 Å². The Morgan fingerprint density at radius 3 is 2.53 bits per heavy atom. The summed E-state index contributed by atoms with van der Waals surface area (Å²) in [5, 5.41) is 0.805. The highest BCUT2D eigenvalue weighted by atomic mass is 35.5. The normalized spacial score (nSPS) is 10.9. The van der Waals surface area contributed by atoms with Crippen LogP contribution in [0, 0.1) is 0 Å². The van der Waals surface area contributed by atoms with Gasteiger partial charge in [0.2, 0.25) is 0 Å². The summed E-state index contributed by atoms with van der Waals surface area (Å²) in [7, 11) is 2.07. The third-order valence-electron chi connectivity index (χ3n) is 3.02. The molecule has 19 heavy (non-hydrogen) atoms. The summed E-state index contributed by atoms with van der Waals surface area (Å²) in [6, 6.07) is 11.9. The number of hydrogen-bond acceptors (Lipinski definition) is 3. The molecule has 0 aliphatic heterocycles. The van der Waals surface area contributed by atoms with E-state index in [2.05, 4.69) is 23.0 Å². The van der Waals surface area contributed by atoms with Crippen LogP contribution in [-0.2, 0) is 19.6 Å². The van der Waals surface area contributed by atoms with E-state index >= 15 is 0 Å². The van der Waals surface area contributed by atoms with E-state index < -0.39 is 0 Å². The van der Waals surface area contributed by atoms with Gasteiger partial charge in [0.1, 0.15) is 0 Å². The molecule has 0 bridgehead atoms. The number of aromatic nitrogens is 1. The van der Waals surface area contributed by atoms with Crippen LogP contribution in [0.2, 0.25) is 5.02 Å². The van der Waals surface area contributed by atoms with Crippen LogP contribution in [0.1, 0.15) is 16.8 Å². The second kappa shape index (κ2) is 6.66. The van der Waals surface area contributed by atoms with Crippen molar-refractivity contribution in [1.82, 2.24) is 9.88 Å². The Hall–Kier alpha value is -1.42. The van der Waals surface area contributed by atoms with Crippen molar-refractivity contribution in [3.8, 4) is 0 Å². The zero-order valence-corrected chi connectivity index (χ0v) is 11.8. The Labute approximate surface area is 119 Å². The van der Waals surface area contributed by atoms with Gasteiger partial charge in [-0.2, -0.15) is 0 Å². The zero-order valence-electron chi connectivity index (χ0n) is 11.0. The first-order valence-electron chi connectivity index (χ1n) is 6.25. The predicted molar refractivity (Wildman–Crippen MR) is 78.8 cm³/mol. The number of hydrogen-bond donors (Lipinski definition) is 1. The van der Waals surface area contributed by atoms with E-state index in [1.165, 1.54) is 5.56 Å². The molecule has 100 valence electrons. The van der Waals surface area contributed by atoms with Crippen molar-refractivity contribution < 1.29 is 0 Å². The van der Waals surface area contributed by atoms with E-state index in [1.54, 1.807) is 6.20 Å². The summed E-state index contributed by atoms with van der Waals surface area (Å²) in [5.41, 5.74) is 8.95. The van der Waals surface area contributed by atoms with Gasteiger partial charge in [0.25, 0.3) is 0 Å². The summed E-state index contributed by atoms with van der Waals surface area (Å²) >= 11 is 6.17. The number of nitrogens with zero attached hydrogens (tertiary/aromatic N) is 2. The van der Waals surface area contributed by atoms with Crippen LogP contribution in [0.5, 0.6) is 0 Å². The van der Waals surface area contributed by atoms with Crippen molar-refractivity contribution in [2.45, 2.75) is 19.6 Å². The zero-order chi connectivity index (χ0) is 13.7. The first kappa shape index (κ1) is 14.0. The molecule has 1 aromatic heterocycles. The molecule has 2 aromatic rings. The van der Waals surface area contributed by atoms with E-state index in [1.807, 2.05) is 30.3 Å². The van der Waals surface area contributed by atoms with E-state index in [-0.39, 0.29) is 0 Å². The maximum Gasteiger partial charge on any atom is 0.0584 e. The number of rotatable bonds is 5. The minimum absolute atomic E-state index is 0.468. The van der Waals surface area contributed by atoms with Gasteiger partial charge in [-0.05, 0) is 30.3 Å². The van der Waals surface area contributed by atoms with Crippen LogP contribution in [-0.4, -0.2) is 16.9 Å². The van der Waals surface area contributed by atoms with Crippen LogP contribution in [0.3, 0.4) is 0 Å². The lowest BCUT2D eigenvalue weighted by Gasteiger charge is -2.18. The van der Waals surface area contributed by atoms with Gasteiger partial charge in [0, 0.05) is 30.9 Å². The van der Waals surface area contributed by atoms with Gasteiger partial charge < -0.3 is 5.73 Å². The van der Waals surface area contributed by atoms with E-state index in [9.17, 15) is 0 Å². The molecule has 0 atom stereocenters. The minimum Gasteiger partial charge on any atom is -0.325 e. The molecular weight excluding hydrogens is 258 g/mol. The molecule has 2 rings (SSSR count). The van der Waals surface area contributed by atoms with Crippen LogP contribution in [0.15, 0.2) is 42.6 Å². The Morgan fingerprint density at radius 1 is 1.11 bits per heavy atom. The number of pyridine rings is 1. The first-order valence-corrected chi connectivity index (χ1v) is 6.63. The summed E-state index contributed by atoms with van der Waals surface area (Å²) in [6.45, 7) is 2.08. The number of nitrogens with two attached hydrogens (primary N) is 1. The Balaban J connectivity index is 2.05. The number of benzene rings is 1. The van der Waals surface area contributed by atoms with E-state index in [0.717, 1.165) is 29.4 Å². The standard InChI is InChI=1S/C15H18ClN3/c1-19(10-12-5-2-3-7-14(12)16)11-13-6-4-8-18-15(13)9-17/h2-8H,9-11,17H2,1H3. The third kappa shape index (κ3) is 3.77. The molecule has 1 heterocycles. The highest BCUT2D eigenvalue weighted by Gasteiger charge is 2.07. The molecule has 2 N–H and O–H groups in total. The van der Waals surface area contributed by atoms with Crippen LogP contribution >= 0.6 is 11.6 Å². The average Bonchev–Trinajstić information content (AvgIpc) is 2.42. The van der Waals surface area contributed by atoms with Gasteiger partial charge in [-0.3, -0.25) is 9.88 Å². The number of halogens is 1. The Bertz CT molecular complexity index is 542. The fraction of sp³-hybridized carbons (Fsp3) is 0.267. The average molecular weight is 276 g/mol. The van der Waals surface area contributed by atoms with Crippen LogP contribution < -0.4 is 5.73 Å². The molecule has 0 aliphatic carbocycles. The second-order valence-electron chi connectivity index (χ2n) is 4.58. The van der Waals surface area contributed by atoms with Crippen molar-refractivity contribution in [2.24, 2.45) is 5.73 Å². The minimum atomic E-state index is 0.468. The SMILES string of the molecule is CN(Cc1ccccc1Cl)Cc1cccnc1CN. The first-order chi connectivity index (χ1) is 9.20. The summed E-state index contributed by atoms with van der Waals surface area (Å²) < 4.78 is 0. The fourth-order valence-corrected chi connectivity index (χ4v) is 2.26. The molecule has 4 heteroatoms. The molecule has 0 spiro atoms. The molecule has 0 aliphatic rings. The topological polar surface area (TPSA) is 42.2 Å². The highest BCUT2D eigenvalue weighted by Crippen LogP contribution is 2.17. The van der Waals surface area contributed by atoms with Gasteiger partial charge >= 0.3 is 0 Å². The summed E-state index contributed by atoms with van der Waals surface area (Å²) in [4.78, 5) is 6.50.